The Kier molecular flexibility index (Phi) is 2.25. The van der Waals surface area contributed by atoms with Gasteiger partial charge in [0.25, 0.3) is 0 Å². The molecule has 2 nitrogen and oxygen atoms in total. The van der Waals surface area contributed by atoms with Crippen LogP contribution >= 0.6 is 0 Å². The fourth-order valence-electron chi connectivity index (χ4n) is 3.29. The summed E-state index contributed by atoms with van der Waals surface area (Å²) in [6.45, 7) is 0. The summed E-state index contributed by atoms with van der Waals surface area (Å²) >= 11 is 0. The molecule has 2 heterocycles. The highest BCUT2D eigenvalue weighted by Crippen LogP contribution is 2.36. The molecular weight excluding hydrogens is 272 g/mol. The van der Waals surface area contributed by atoms with Crippen molar-refractivity contribution in [3.8, 4) is 22.6 Å². The fraction of sp³-hybridized carbons (Fsp3) is 0. The molecule has 0 saturated heterocycles. The van der Waals surface area contributed by atoms with Crippen LogP contribution in [0.4, 0.5) is 0 Å². The summed E-state index contributed by atoms with van der Waals surface area (Å²) in [4.78, 5) is 0. The van der Waals surface area contributed by atoms with E-state index < -0.39 is 0 Å². The van der Waals surface area contributed by atoms with Crippen LogP contribution in [0.2, 0.25) is 0 Å². The van der Waals surface area contributed by atoms with E-state index in [1.54, 1.807) is 6.26 Å². The number of rotatable bonds is 0. The molecule has 2 aliphatic heterocycles. The molecule has 22 heavy (non-hydrogen) atoms. The van der Waals surface area contributed by atoms with Crippen LogP contribution in [0.3, 0.4) is 0 Å². The van der Waals surface area contributed by atoms with Gasteiger partial charge in [0.15, 0.2) is 0 Å². The number of para-hydroxylation sites is 1. The molecule has 3 aromatic carbocycles. The first-order valence-electron chi connectivity index (χ1n) is 7.28. The van der Waals surface area contributed by atoms with Crippen molar-refractivity contribution in [2.24, 2.45) is 0 Å². The Balaban J connectivity index is 2.08. The van der Waals surface area contributed by atoms with Gasteiger partial charge in [0, 0.05) is 21.6 Å². The third-order valence-corrected chi connectivity index (χ3v) is 4.24. The maximum absolute atomic E-state index is 5.90. The summed E-state index contributed by atoms with van der Waals surface area (Å²) in [6, 6.07) is 16.5. The van der Waals surface area contributed by atoms with E-state index in [2.05, 4.69) is 36.4 Å². The molecule has 0 spiro atoms. The molecular formula is C20H12O2. The van der Waals surface area contributed by atoms with Gasteiger partial charge in [-0.25, -0.2) is 0 Å². The van der Waals surface area contributed by atoms with E-state index in [1.165, 1.54) is 10.8 Å². The third-order valence-electron chi connectivity index (χ3n) is 4.24. The molecule has 0 radical (unpaired) electrons. The summed E-state index contributed by atoms with van der Waals surface area (Å²) in [6.07, 6.45) is 7.62. The van der Waals surface area contributed by atoms with Crippen molar-refractivity contribution in [2.75, 3.05) is 0 Å². The first-order chi connectivity index (χ1) is 10.9. The molecule has 0 N–H and O–H groups in total. The average molecular weight is 284 g/mol. The van der Waals surface area contributed by atoms with Gasteiger partial charge in [0.05, 0.1) is 12.5 Å². The minimum atomic E-state index is 0.866. The molecule has 0 saturated carbocycles. The van der Waals surface area contributed by atoms with Crippen LogP contribution in [0.25, 0.3) is 34.2 Å². The van der Waals surface area contributed by atoms with Crippen LogP contribution in [0, 0.1) is 0 Å². The molecule has 0 atom stereocenters. The molecule has 0 aliphatic carbocycles. The summed E-state index contributed by atoms with van der Waals surface area (Å²) in [5, 5.41) is 4.57. The lowest BCUT2D eigenvalue weighted by atomic mass is 9.93. The third kappa shape index (κ3) is 1.44. The lowest BCUT2D eigenvalue weighted by Crippen LogP contribution is -2.22. The van der Waals surface area contributed by atoms with Crippen molar-refractivity contribution in [1.29, 1.82) is 0 Å². The molecule has 0 fully saturated rings. The van der Waals surface area contributed by atoms with Crippen LogP contribution in [0.1, 0.15) is 0 Å². The van der Waals surface area contributed by atoms with Gasteiger partial charge in [-0.15, -0.1) is 0 Å². The monoisotopic (exact) mass is 284 g/mol. The second-order valence-electron chi connectivity index (χ2n) is 5.42. The Bertz CT molecular complexity index is 1070. The van der Waals surface area contributed by atoms with E-state index in [0.717, 1.165) is 33.1 Å². The van der Waals surface area contributed by atoms with Crippen molar-refractivity contribution in [1.82, 2.24) is 0 Å². The highest BCUT2D eigenvalue weighted by atomic mass is 16.5. The van der Waals surface area contributed by atoms with E-state index in [4.69, 9.17) is 9.47 Å². The topological polar surface area (TPSA) is 18.5 Å². The predicted molar refractivity (Wildman–Crippen MR) is 88.0 cm³/mol. The zero-order chi connectivity index (χ0) is 14.5. The average Bonchev–Trinajstić information content (AvgIpc) is 2.61. The highest BCUT2D eigenvalue weighted by Gasteiger charge is 2.21. The highest BCUT2D eigenvalue weighted by molar-refractivity contribution is 5.95. The zero-order valence-corrected chi connectivity index (χ0v) is 11.7. The second kappa shape index (κ2) is 4.25. The Labute approximate surface area is 127 Å². The molecule has 0 unspecified atom stereocenters. The standard InChI is InChI=1S/C20H12O2/c1-2-7-14-13(6-1)15-9-5-11-21-20(15)19-16-8-3-4-10-18(16)22-12-17(14)19/h1-12H. The maximum Gasteiger partial charge on any atom is 0.143 e. The Morgan fingerprint density at radius 3 is 2.41 bits per heavy atom. The van der Waals surface area contributed by atoms with Crippen molar-refractivity contribution in [3.05, 3.63) is 71.3 Å². The summed E-state index contributed by atoms with van der Waals surface area (Å²) in [5.74, 6) is 1.77. The summed E-state index contributed by atoms with van der Waals surface area (Å²) in [7, 11) is 0. The molecule has 3 aromatic rings. The van der Waals surface area contributed by atoms with Crippen molar-refractivity contribution in [2.45, 2.75) is 0 Å². The van der Waals surface area contributed by atoms with Crippen LogP contribution in [-0.2, 0) is 0 Å². The molecule has 104 valence electrons. The number of hydrogen-bond donors (Lipinski definition) is 0. The van der Waals surface area contributed by atoms with Gasteiger partial charge < -0.3 is 9.47 Å². The van der Waals surface area contributed by atoms with E-state index in [1.807, 2.05) is 30.5 Å². The number of benzene rings is 3. The number of ether oxygens (including phenoxy) is 2. The van der Waals surface area contributed by atoms with Crippen molar-refractivity contribution >= 4 is 23.1 Å². The first kappa shape index (κ1) is 11.6. The number of allylic oxidation sites excluding steroid dienone is 1. The molecule has 2 heteroatoms. The Morgan fingerprint density at radius 2 is 1.50 bits per heavy atom. The number of hydrogen-bond acceptors (Lipinski definition) is 2. The first-order valence-corrected chi connectivity index (χ1v) is 7.28. The van der Waals surface area contributed by atoms with Crippen LogP contribution in [0.15, 0.2) is 60.9 Å². The van der Waals surface area contributed by atoms with E-state index in [9.17, 15) is 0 Å². The normalized spacial score (nSPS) is 13.8. The molecule has 0 bridgehead atoms. The molecule has 0 amide bonds. The Hall–Kier alpha value is -3.00. The minimum Gasteiger partial charge on any atom is -0.464 e. The van der Waals surface area contributed by atoms with Crippen LogP contribution in [0.5, 0.6) is 11.5 Å². The zero-order valence-electron chi connectivity index (χ0n) is 11.7. The van der Waals surface area contributed by atoms with E-state index in [-0.39, 0.29) is 0 Å². The molecule has 0 aromatic heterocycles. The van der Waals surface area contributed by atoms with Gasteiger partial charge in [0.2, 0.25) is 0 Å². The van der Waals surface area contributed by atoms with Gasteiger partial charge in [0.1, 0.15) is 11.5 Å². The maximum atomic E-state index is 5.90. The SMILES string of the molecule is C1=COc2c3c(c4ccccc4c2=C1)=COc1ccccc1-3. The lowest BCUT2D eigenvalue weighted by Gasteiger charge is -2.20. The molecule has 5 rings (SSSR count). The van der Waals surface area contributed by atoms with Gasteiger partial charge >= 0.3 is 0 Å². The predicted octanol–water partition coefficient (Wildman–Crippen LogP) is 3.32. The van der Waals surface area contributed by atoms with Crippen molar-refractivity contribution in [3.63, 3.8) is 0 Å². The van der Waals surface area contributed by atoms with Crippen LogP contribution < -0.4 is 19.9 Å². The second-order valence-corrected chi connectivity index (χ2v) is 5.42. The van der Waals surface area contributed by atoms with Gasteiger partial charge in [-0.3, -0.25) is 0 Å². The van der Waals surface area contributed by atoms with Gasteiger partial charge in [-0.2, -0.15) is 0 Å². The van der Waals surface area contributed by atoms with E-state index in [0.29, 0.717) is 0 Å². The summed E-state index contributed by atoms with van der Waals surface area (Å²) in [5.41, 5.74) is 2.18. The smallest absolute Gasteiger partial charge is 0.143 e. The van der Waals surface area contributed by atoms with E-state index >= 15 is 0 Å². The minimum absolute atomic E-state index is 0.866. The Morgan fingerprint density at radius 1 is 0.727 bits per heavy atom. The quantitative estimate of drug-likeness (QED) is 0.630. The largest absolute Gasteiger partial charge is 0.464 e. The lowest BCUT2D eigenvalue weighted by molar-refractivity contribution is 0.474. The van der Waals surface area contributed by atoms with Gasteiger partial charge in [-0.05, 0) is 29.0 Å². The molecule has 2 aliphatic rings. The fourth-order valence-corrected chi connectivity index (χ4v) is 3.29. The van der Waals surface area contributed by atoms with Gasteiger partial charge in [-0.1, -0.05) is 42.5 Å². The van der Waals surface area contributed by atoms with Crippen molar-refractivity contribution < 1.29 is 9.47 Å². The number of fused-ring (bicyclic) bond motifs is 8. The van der Waals surface area contributed by atoms with Crippen LogP contribution in [-0.4, -0.2) is 0 Å². The summed E-state index contributed by atoms with van der Waals surface area (Å²) < 4.78 is 11.7.